The van der Waals surface area contributed by atoms with Crippen LogP contribution in [0.25, 0.3) is 17.4 Å². The summed E-state index contributed by atoms with van der Waals surface area (Å²) in [4.78, 5) is 23.1. The summed E-state index contributed by atoms with van der Waals surface area (Å²) >= 11 is 5.95. The van der Waals surface area contributed by atoms with Gasteiger partial charge in [-0.3, -0.25) is 14.9 Å². The number of carbonyl (C=O) groups is 1. The van der Waals surface area contributed by atoms with Crippen molar-refractivity contribution in [2.24, 2.45) is 0 Å². The fourth-order valence-corrected chi connectivity index (χ4v) is 2.80. The number of amides is 1. The molecule has 29 heavy (non-hydrogen) atoms. The third kappa shape index (κ3) is 4.51. The molecule has 0 saturated carbocycles. The lowest BCUT2D eigenvalue weighted by atomic mass is 10.1. The van der Waals surface area contributed by atoms with Crippen molar-refractivity contribution in [3.05, 3.63) is 86.6 Å². The molecule has 0 aliphatic heterocycles. The van der Waals surface area contributed by atoms with Crippen molar-refractivity contribution in [2.75, 3.05) is 5.32 Å². The van der Waals surface area contributed by atoms with E-state index in [1.54, 1.807) is 49.4 Å². The molecule has 1 amide bonds. The number of benzene rings is 2. The normalized spacial score (nSPS) is 11.0. The Labute approximate surface area is 171 Å². The molecule has 0 atom stereocenters. The van der Waals surface area contributed by atoms with Gasteiger partial charge in [0, 0.05) is 22.9 Å². The summed E-state index contributed by atoms with van der Waals surface area (Å²) in [6, 6.07) is 16.1. The Morgan fingerprint density at radius 3 is 2.72 bits per heavy atom. The Hall–Kier alpha value is -3.89. The van der Waals surface area contributed by atoms with E-state index in [2.05, 4.69) is 5.32 Å². The molecular weight excluding hydrogens is 394 g/mol. The van der Waals surface area contributed by atoms with E-state index >= 15 is 0 Å². The Balaban J connectivity index is 1.88. The number of nitro groups is 1. The highest BCUT2D eigenvalue weighted by Crippen LogP contribution is 2.31. The molecule has 8 heteroatoms. The molecule has 0 unspecified atom stereocenters. The van der Waals surface area contributed by atoms with E-state index in [0.717, 1.165) is 5.56 Å². The highest BCUT2D eigenvalue weighted by molar-refractivity contribution is 6.31. The average Bonchev–Trinajstić information content (AvgIpc) is 3.17. The van der Waals surface area contributed by atoms with Gasteiger partial charge in [-0.15, -0.1) is 0 Å². The first-order chi connectivity index (χ1) is 13.9. The van der Waals surface area contributed by atoms with Crippen LogP contribution in [0.15, 0.2) is 64.6 Å². The Bertz CT molecular complexity index is 1170. The molecule has 3 aromatic rings. The molecular formula is C21H14ClN3O4. The van der Waals surface area contributed by atoms with Gasteiger partial charge >= 0.3 is 0 Å². The smallest absolute Gasteiger partial charge is 0.280 e. The van der Waals surface area contributed by atoms with E-state index in [0.29, 0.717) is 16.3 Å². The molecule has 2 aromatic carbocycles. The van der Waals surface area contributed by atoms with Crippen LogP contribution in [0.3, 0.4) is 0 Å². The van der Waals surface area contributed by atoms with Crippen molar-refractivity contribution in [3.8, 4) is 17.4 Å². The molecule has 0 aliphatic carbocycles. The van der Waals surface area contributed by atoms with Gasteiger partial charge in [-0.05, 0) is 42.8 Å². The van der Waals surface area contributed by atoms with E-state index < -0.39 is 10.8 Å². The quantitative estimate of drug-likeness (QED) is 0.265. The third-order valence-electron chi connectivity index (χ3n) is 4.09. The summed E-state index contributed by atoms with van der Waals surface area (Å²) in [5.74, 6) is -0.152. The minimum Gasteiger partial charge on any atom is -0.456 e. The predicted molar refractivity (Wildman–Crippen MR) is 109 cm³/mol. The first-order valence-electron chi connectivity index (χ1n) is 8.42. The summed E-state index contributed by atoms with van der Waals surface area (Å²) in [6.07, 6.45) is 1.27. The number of nitriles is 1. The van der Waals surface area contributed by atoms with Crippen LogP contribution in [-0.4, -0.2) is 10.8 Å². The lowest BCUT2D eigenvalue weighted by molar-refractivity contribution is -0.384. The number of hydrogen-bond donors (Lipinski definition) is 1. The van der Waals surface area contributed by atoms with Crippen LogP contribution in [0.1, 0.15) is 11.3 Å². The molecule has 1 heterocycles. The molecule has 0 aliphatic rings. The van der Waals surface area contributed by atoms with Crippen molar-refractivity contribution in [3.63, 3.8) is 0 Å². The molecule has 0 saturated heterocycles. The minimum absolute atomic E-state index is 0.105. The number of anilines is 1. The van der Waals surface area contributed by atoms with Gasteiger partial charge in [-0.1, -0.05) is 29.8 Å². The Morgan fingerprint density at radius 1 is 1.24 bits per heavy atom. The SMILES string of the molecule is Cc1ccc(Cl)cc1NC(=O)/C(C#N)=C/c1ccc(-c2ccccc2[N+](=O)[O-])o1. The van der Waals surface area contributed by atoms with Crippen LogP contribution in [0, 0.1) is 28.4 Å². The number of carbonyl (C=O) groups excluding carboxylic acids is 1. The zero-order valence-electron chi connectivity index (χ0n) is 15.2. The number of nitro benzene ring substituents is 1. The minimum atomic E-state index is -0.624. The van der Waals surface area contributed by atoms with Gasteiger partial charge in [-0.2, -0.15) is 5.26 Å². The number of furan rings is 1. The largest absolute Gasteiger partial charge is 0.456 e. The van der Waals surface area contributed by atoms with Crippen LogP contribution in [0.5, 0.6) is 0 Å². The molecule has 144 valence electrons. The fourth-order valence-electron chi connectivity index (χ4n) is 2.63. The maximum absolute atomic E-state index is 12.5. The zero-order valence-corrected chi connectivity index (χ0v) is 15.9. The van der Waals surface area contributed by atoms with E-state index in [1.807, 2.05) is 6.07 Å². The molecule has 1 N–H and O–H groups in total. The van der Waals surface area contributed by atoms with E-state index in [9.17, 15) is 20.2 Å². The van der Waals surface area contributed by atoms with Crippen molar-refractivity contribution >= 4 is 35.0 Å². The summed E-state index contributed by atoms with van der Waals surface area (Å²) < 4.78 is 5.60. The second kappa shape index (κ2) is 8.42. The van der Waals surface area contributed by atoms with Crippen molar-refractivity contribution in [1.82, 2.24) is 0 Å². The Kier molecular flexibility index (Phi) is 5.77. The number of aryl methyl sites for hydroxylation is 1. The summed E-state index contributed by atoms with van der Waals surface area (Å²) in [6.45, 7) is 1.80. The van der Waals surface area contributed by atoms with Crippen LogP contribution in [-0.2, 0) is 4.79 Å². The van der Waals surface area contributed by atoms with Crippen LogP contribution in [0.4, 0.5) is 11.4 Å². The van der Waals surface area contributed by atoms with Crippen molar-refractivity contribution in [2.45, 2.75) is 6.92 Å². The molecule has 3 rings (SSSR count). The van der Waals surface area contributed by atoms with Crippen LogP contribution in [0.2, 0.25) is 5.02 Å². The number of para-hydroxylation sites is 1. The zero-order chi connectivity index (χ0) is 21.0. The number of rotatable bonds is 5. The third-order valence-corrected chi connectivity index (χ3v) is 4.33. The van der Waals surface area contributed by atoms with Crippen LogP contribution < -0.4 is 5.32 Å². The maximum atomic E-state index is 12.5. The standard InChI is InChI=1S/C21H14ClN3O4/c1-13-6-7-15(22)11-18(13)24-21(26)14(12-23)10-16-8-9-20(29-16)17-4-2-3-5-19(17)25(27)28/h2-11H,1H3,(H,24,26)/b14-10+. The molecule has 0 bridgehead atoms. The van der Waals surface area contributed by atoms with Crippen LogP contribution >= 0.6 is 11.6 Å². The monoisotopic (exact) mass is 407 g/mol. The lowest BCUT2D eigenvalue weighted by Gasteiger charge is -2.08. The van der Waals surface area contributed by atoms with E-state index in [-0.39, 0.29) is 22.8 Å². The van der Waals surface area contributed by atoms with Gasteiger partial charge in [0.25, 0.3) is 11.6 Å². The summed E-state index contributed by atoms with van der Waals surface area (Å²) in [5, 5.41) is 23.6. The van der Waals surface area contributed by atoms with Gasteiger partial charge in [-0.25, -0.2) is 0 Å². The number of hydrogen-bond acceptors (Lipinski definition) is 5. The second-order valence-corrected chi connectivity index (χ2v) is 6.50. The Morgan fingerprint density at radius 2 is 2.00 bits per heavy atom. The lowest BCUT2D eigenvalue weighted by Crippen LogP contribution is -2.14. The van der Waals surface area contributed by atoms with Crippen molar-refractivity contribution in [1.29, 1.82) is 5.26 Å². The van der Waals surface area contributed by atoms with Gasteiger partial charge in [0.05, 0.1) is 10.5 Å². The average molecular weight is 408 g/mol. The maximum Gasteiger partial charge on any atom is 0.280 e. The highest BCUT2D eigenvalue weighted by atomic mass is 35.5. The van der Waals surface area contributed by atoms with Gasteiger partial charge in [0.15, 0.2) is 0 Å². The molecule has 7 nitrogen and oxygen atoms in total. The number of nitrogens with one attached hydrogen (secondary N) is 1. The van der Waals surface area contributed by atoms with Gasteiger partial charge < -0.3 is 9.73 Å². The van der Waals surface area contributed by atoms with Gasteiger partial charge in [0.2, 0.25) is 0 Å². The summed E-state index contributed by atoms with van der Waals surface area (Å²) in [7, 11) is 0. The first-order valence-corrected chi connectivity index (χ1v) is 8.80. The second-order valence-electron chi connectivity index (χ2n) is 6.06. The van der Waals surface area contributed by atoms with Crippen molar-refractivity contribution < 1.29 is 14.1 Å². The van der Waals surface area contributed by atoms with Gasteiger partial charge in [0.1, 0.15) is 23.2 Å². The summed E-state index contributed by atoms with van der Waals surface area (Å²) in [5.41, 5.74) is 1.29. The first kappa shape index (κ1) is 19.9. The highest BCUT2D eigenvalue weighted by Gasteiger charge is 2.18. The molecule has 0 spiro atoms. The molecule has 0 fully saturated rings. The molecule has 0 radical (unpaired) electrons. The fraction of sp³-hybridized carbons (Fsp3) is 0.0476. The topological polar surface area (TPSA) is 109 Å². The van der Waals surface area contributed by atoms with E-state index in [4.69, 9.17) is 16.0 Å². The van der Waals surface area contributed by atoms with E-state index in [1.165, 1.54) is 18.2 Å². The number of halogens is 1. The number of nitrogens with zero attached hydrogens (tertiary/aromatic N) is 2. The molecule has 1 aromatic heterocycles. The predicted octanol–water partition coefficient (Wildman–Crippen LogP) is 5.36.